The number of aliphatic hydroxyl groups is 1. The fourth-order valence-corrected chi connectivity index (χ4v) is 2.72. The fourth-order valence-electron chi connectivity index (χ4n) is 2.54. The minimum Gasteiger partial charge on any atom is -0.507 e. The second kappa shape index (κ2) is 6.68. The number of fused-ring (bicyclic) bond motifs is 1. The van der Waals surface area contributed by atoms with Crippen molar-refractivity contribution >= 4 is 17.4 Å². The molecule has 1 aliphatic rings. The third-order valence-corrected chi connectivity index (χ3v) is 3.95. The number of methoxy groups -OCH3 is 1. The molecule has 0 saturated carbocycles. The van der Waals surface area contributed by atoms with Crippen molar-refractivity contribution in [3.8, 4) is 5.75 Å². The van der Waals surface area contributed by atoms with E-state index in [1.807, 2.05) is 37.3 Å². The summed E-state index contributed by atoms with van der Waals surface area (Å²) in [4.78, 5) is 0. The van der Waals surface area contributed by atoms with Crippen LogP contribution in [0.3, 0.4) is 0 Å². The quantitative estimate of drug-likeness (QED) is 0.778. The first kappa shape index (κ1) is 15.5. The Labute approximate surface area is 130 Å². The SMILES string of the molecule is C=C/C(Cl)=C(\C=C/C)C1=C(O)c2ccc(OC)cc2CC1. The van der Waals surface area contributed by atoms with Crippen LogP contribution < -0.4 is 4.74 Å². The Kier molecular flexibility index (Phi) is 4.92. The predicted molar refractivity (Wildman–Crippen MR) is 88.8 cm³/mol. The Bertz CT molecular complexity index is 651. The highest BCUT2D eigenvalue weighted by Crippen LogP contribution is 2.37. The maximum absolute atomic E-state index is 10.6. The van der Waals surface area contributed by atoms with Gasteiger partial charge < -0.3 is 9.84 Å². The van der Waals surface area contributed by atoms with Crippen LogP contribution in [0.1, 0.15) is 24.5 Å². The van der Waals surface area contributed by atoms with Gasteiger partial charge in [-0.1, -0.05) is 36.4 Å². The molecule has 0 bridgehead atoms. The summed E-state index contributed by atoms with van der Waals surface area (Å²) in [5.41, 5.74) is 3.61. The first-order chi connectivity index (χ1) is 10.1. The van der Waals surface area contributed by atoms with Gasteiger partial charge in [0.05, 0.1) is 7.11 Å². The van der Waals surface area contributed by atoms with E-state index in [0.717, 1.165) is 40.9 Å². The number of aliphatic hydroxyl groups excluding tert-OH is 1. The lowest BCUT2D eigenvalue weighted by Crippen LogP contribution is -2.07. The molecule has 0 radical (unpaired) electrons. The van der Waals surface area contributed by atoms with Gasteiger partial charge in [0.25, 0.3) is 0 Å². The van der Waals surface area contributed by atoms with Crippen LogP contribution in [-0.4, -0.2) is 12.2 Å². The Balaban J connectivity index is 2.57. The van der Waals surface area contributed by atoms with Crippen molar-refractivity contribution in [3.63, 3.8) is 0 Å². The standard InChI is InChI=1S/C18H19ClO2/c1-4-6-15(17(19)5-2)16-9-7-12-11-13(21-3)8-10-14(12)18(16)20/h4-6,8,10-11,20H,2,7,9H2,1,3H3/b6-4-,17-15-. The topological polar surface area (TPSA) is 29.5 Å². The summed E-state index contributed by atoms with van der Waals surface area (Å²) in [6.07, 6.45) is 6.99. The summed E-state index contributed by atoms with van der Waals surface area (Å²) in [5.74, 6) is 1.09. The van der Waals surface area contributed by atoms with E-state index in [0.29, 0.717) is 5.03 Å². The lowest BCUT2D eigenvalue weighted by molar-refractivity contribution is 0.414. The van der Waals surface area contributed by atoms with E-state index in [9.17, 15) is 5.11 Å². The zero-order chi connectivity index (χ0) is 15.4. The molecule has 1 aliphatic carbocycles. The molecule has 21 heavy (non-hydrogen) atoms. The van der Waals surface area contributed by atoms with Crippen LogP contribution in [0.5, 0.6) is 5.75 Å². The van der Waals surface area contributed by atoms with Crippen LogP contribution in [0.15, 0.2) is 59.2 Å². The zero-order valence-corrected chi connectivity index (χ0v) is 13.1. The summed E-state index contributed by atoms with van der Waals surface area (Å²) in [7, 11) is 1.64. The van der Waals surface area contributed by atoms with Gasteiger partial charge in [0.15, 0.2) is 0 Å². The lowest BCUT2D eigenvalue weighted by atomic mass is 9.86. The smallest absolute Gasteiger partial charge is 0.126 e. The maximum atomic E-state index is 10.6. The van der Waals surface area contributed by atoms with Crippen LogP contribution in [0, 0.1) is 0 Å². The molecule has 0 spiro atoms. The molecule has 2 nitrogen and oxygen atoms in total. The van der Waals surface area contributed by atoms with Gasteiger partial charge in [-0.2, -0.15) is 0 Å². The molecule has 0 fully saturated rings. The molecule has 3 heteroatoms. The van der Waals surface area contributed by atoms with E-state index >= 15 is 0 Å². The summed E-state index contributed by atoms with van der Waals surface area (Å²) >= 11 is 6.23. The van der Waals surface area contributed by atoms with Gasteiger partial charge in [-0.25, -0.2) is 0 Å². The van der Waals surface area contributed by atoms with Gasteiger partial charge in [0, 0.05) is 16.2 Å². The summed E-state index contributed by atoms with van der Waals surface area (Å²) < 4.78 is 5.23. The summed E-state index contributed by atoms with van der Waals surface area (Å²) in [6.45, 7) is 5.63. The Morgan fingerprint density at radius 1 is 1.38 bits per heavy atom. The van der Waals surface area contributed by atoms with Crippen LogP contribution in [-0.2, 0) is 6.42 Å². The van der Waals surface area contributed by atoms with Gasteiger partial charge in [-0.3, -0.25) is 0 Å². The van der Waals surface area contributed by atoms with Crippen molar-refractivity contribution in [2.24, 2.45) is 0 Å². The van der Waals surface area contributed by atoms with E-state index < -0.39 is 0 Å². The monoisotopic (exact) mass is 302 g/mol. The highest BCUT2D eigenvalue weighted by molar-refractivity contribution is 6.32. The van der Waals surface area contributed by atoms with E-state index in [-0.39, 0.29) is 5.76 Å². The lowest BCUT2D eigenvalue weighted by Gasteiger charge is -2.21. The van der Waals surface area contributed by atoms with Crippen molar-refractivity contribution in [2.75, 3.05) is 7.11 Å². The number of hydrogen-bond acceptors (Lipinski definition) is 2. The molecule has 110 valence electrons. The first-order valence-corrected chi connectivity index (χ1v) is 7.24. The van der Waals surface area contributed by atoms with Gasteiger partial charge in [0.1, 0.15) is 11.5 Å². The average Bonchev–Trinajstić information content (AvgIpc) is 2.52. The van der Waals surface area contributed by atoms with Crippen LogP contribution in [0.25, 0.3) is 5.76 Å². The number of aryl methyl sites for hydroxylation is 1. The van der Waals surface area contributed by atoms with E-state index in [4.69, 9.17) is 16.3 Å². The molecular formula is C18H19ClO2. The van der Waals surface area contributed by atoms with Gasteiger partial charge in [-0.15, -0.1) is 0 Å². The number of halogens is 1. The Morgan fingerprint density at radius 2 is 2.14 bits per heavy atom. The van der Waals surface area contributed by atoms with Crippen molar-refractivity contribution in [3.05, 3.63) is 70.3 Å². The molecule has 0 atom stereocenters. The number of hydrogen-bond donors (Lipinski definition) is 1. The van der Waals surface area contributed by atoms with Crippen LogP contribution in [0.2, 0.25) is 0 Å². The molecular weight excluding hydrogens is 284 g/mol. The van der Waals surface area contributed by atoms with Crippen molar-refractivity contribution < 1.29 is 9.84 Å². The highest BCUT2D eigenvalue weighted by Gasteiger charge is 2.21. The molecule has 0 aromatic heterocycles. The molecule has 0 unspecified atom stereocenters. The summed E-state index contributed by atoms with van der Waals surface area (Å²) in [5, 5.41) is 11.2. The van der Waals surface area contributed by atoms with Crippen LogP contribution >= 0.6 is 11.6 Å². The van der Waals surface area contributed by atoms with Gasteiger partial charge in [0.2, 0.25) is 0 Å². The third kappa shape index (κ3) is 3.06. The number of benzene rings is 1. The molecule has 0 heterocycles. The predicted octanol–water partition coefficient (Wildman–Crippen LogP) is 5.17. The molecule has 0 aliphatic heterocycles. The minimum atomic E-state index is 0.284. The van der Waals surface area contributed by atoms with E-state index in [1.54, 1.807) is 13.2 Å². The van der Waals surface area contributed by atoms with Gasteiger partial charge >= 0.3 is 0 Å². The summed E-state index contributed by atoms with van der Waals surface area (Å²) in [6, 6.07) is 5.71. The Hall–Kier alpha value is -1.93. The number of rotatable bonds is 4. The highest BCUT2D eigenvalue weighted by atomic mass is 35.5. The van der Waals surface area contributed by atoms with Crippen molar-refractivity contribution in [1.82, 2.24) is 0 Å². The third-order valence-electron chi connectivity index (χ3n) is 3.59. The maximum Gasteiger partial charge on any atom is 0.126 e. The average molecular weight is 303 g/mol. The second-order valence-electron chi connectivity index (χ2n) is 4.82. The number of allylic oxidation sites excluding steroid dienone is 6. The van der Waals surface area contributed by atoms with Crippen molar-refractivity contribution in [2.45, 2.75) is 19.8 Å². The largest absolute Gasteiger partial charge is 0.507 e. The molecule has 0 amide bonds. The second-order valence-corrected chi connectivity index (χ2v) is 5.22. The molecule has 1 aromatic rings. The molecule has 2 rings (SSSR count). The molecule has 1 aromatic carbocycles. The number of ether oxygens (including phenoxy) is 1. The van der Waals surface area contributed by atoms with Gasteiger partial charge in [-0.05, 0) is 49.1 Å². The molecule has 0 saturated heterocycles. The van der Waals surface area contributed by atoms with Crippen LogP contribution in [0.4, 0.5) is 0 Å². The first-order valence-electron chi connectivity index (χ1n) is 6.87. The fraction of sp³-hybridized carbons (Fsp3) is 0.222. The molecule has 1 N–H and O–H groups in total. The Morgan fingerprint density at radius 3 is 2.76 bits per heavy atom. The minimum absolute atomic E-state index is 0.284. The van der Waals surface area contributed by atoms with Crippen molar-refractivity contribution in [1.29, 1.82) is 0 Å². The normalized spacial score (nSPS) is 15.8. The van der Waals surface area contributed by atoms with E-state index in [2.05, 4.69) is 6.58 Å². The zero-order valence-electron chi connectivity index (χ0n) is 12.3. The van der Waals surface area contributed by atoms with E-state index in [1.165, 1.54) is 0 Å².